The molecule has 0 saturated heterocycles. The predicted octanol–water partition coefficient (Wildman–Crippen LogP) is 4.18. The van der Waals surface area contributed by atoms with Crippen LogP contribution in [-0.2, 0) is 6.54 Å². The number of anilines is 1. The molecular formula is C15H12BrF2NO. The number of hydrogen-bond acceptors (Lipinski definition) is 2. The van der Waals surface area contributed by atoms with Crippen molar-refractivity contribution in [2.75, 3.05) is 11.9 Å². The van der Waals surface area contributed by atoms with Crippen LogP contribution in [0.5, 0.6) is 0 Å². The summed E-state index contributed by atoms with van der Waals surface area (Å²) in [5, 5.41) is 0. The second-order valence-corrected chi connectivity index (χ2v) is 5.35. The van der Waals surface area contributed by atoms with Crippen LogP contribution in [0.3, 0.4) is 0 Å². The first-order valence-corrected chi connectivity index (χ1v) is 6.70. The molecule has 20 heavy (non-hydrogen) atoms. The van der Waals surface area contributed by atoms with E-state index < -0.39 is 11.6 Å². The molecule has 0 radical (unpaired) electrons. The number of benzene rings is 2. The zero-order valence-corrected chi connectivity index (χ0v) is 12.3. The van der Waals surface area contributed by atoms with E-state index in [1.54, 1.807) is 7.05 Å². The van der Waals surface area contributed by atoms with E-state index in [0.29, 0.717) is 12.8 Å². The van der Waals surface area contributed by atoms with E-state index in [1.807, 2.05) is 24.3 Å². The van der Waals surface area contributed by atoms with Crippen LogP contribution in [0.2, 0.25) is 0 Å². The van der Waals surface area contributed by atoms with Gasteiger partial charge in [-0.25, -0.2) is 8.78 Å². The van der Waals surface area contributed by atoms with Crippen molar-refractivity contribution >= 4 is 27.9 Å². The predicted molar refractivity (Wildman–Crippen MR) is 78.0 cm³/mol. The lowest BCUT2D eigenvalue weighted by atomic mass is 10.1. The number of hydrogen-bond donors (Lipinski definition) is 0. The molecule has 0 aromatic heterocycles. The van der Waals surface area contributed by atoms with Crippen molar-refractivity contribution in [3.05, 3.63) is 63.6 Å². The molecule has 2 nitrogen and oxygen atoms in total. The Morgan fingerprint density at radius 1 is 1.15 bits per heavy atom. The lowest BCUT2D eigenvalue weighted by Gasteiger charge is -2.21. The molecule has 0 saturated carbocycles. The van der Waals surface area contributed by atoms with Gasteiger partial charge in [-0.15, -0.1) is 0 Å². The van der Waals surface area contributed by atoms with Crippen molar-refractivity contribution in [2.24, 2.45) is 0 Å². The van der Waals surface area contributed by atoms with Crippen molar-refractivity contribution in [3.63, 3.8) is 0 Å². The summed E-state index contributed by atoms with van der Waals surface area (Å²) >= 11 is 3.33. The summed E-state index contributed by atoms with van der Waals surface area (Å²) in [6, 6.07) is 9.54. The van der Waals surface area contributed by atoms with Gasteiger partial charge >= 0.3 is 0 Å². The van der Waals surface area contributed by atoms with Gasteiger partial charge in [-0.2, -0.15) is 0 Å². The average Bonchev–Trinajstić information content (AvgIpc) is 2.40. The minimum atomic E-state index is -0.744. The molecule has 104 valence electrons. The Morgan fingerprint density at radius 2 is 1.70 bits per heavy atom. The molecule has 0 aliphatic carbocycles. The van der Waals surface area contributed by atoms with Gasteiger partial charge in [0.25, 0.3) is 0 Å². The maximum absolute atomic E-state index is 13.9. The van der Waals surface area contributed by atoms with Gasteiger partial charge in [-0.1, -0.05) is 28.1 Å². The van der Waals surface area contributed by atoms with E-state index in [-0.39, 0.29) is 11.3 Å². The number of carbonyl (C=O) groups is 1. The maximum Gasteiger partial charge on any atom is 0.150 e. The number of halogens is 3. The Morgan fingerprint density at radius 3 is 2.20 bits per heavy atom. The molecule has 0 atom stereocenters. The highest BCUT2D eigenvalue weighted by Gasteiger charge is 2.15. The standard InChI is InChI=1S/C15H12BrF2NO/c1-19(8-10-2-4-12(16)5-3-10)15-13(17)6-11(9-20)7-14(15)18/h2-7,9H,8H2,1H3. The zero-order valence-electron chi connectivity index (χ0n) is 10.7. The molecule has 0 unspecified atom stereocenters. The maximum atomic E-state index is 13.9. The molecule has 0 N–H and O–H groups in total. The Hall–Kier alpha value is -1.75. The number of rotatable bonds is 4. The van der Waals surface area contributed by atoms with Crippen LogP contribution < -0.4 is 4.90 Å². The monoisotopic (exact) mass is 339 g/mol. The molecule has 0 bridgehead atoms. The third-order valence-electron chi connectivity index (χ3n) is 2.89. The largest absolute Gasteiger partial charge is 0.366 e. The number of nitrogens with zero attached hydrogens (tertiary/aromatic N) is 1. The number of carbonyl (C=O) groups excluding carboxylic acids is 1. The van der Waals surface area contributed by atoms with E-state index in [4.69, 9.17) is 0 Å². The molecule has 5 heteroatoms. The summed E-state index contributed by atoms with van der Waals surface area (Å²) in [7, 11) is 1.60. The van der Waals surface area contributed by atoms with Crippen molar-refractivity contribution in [3.8, 4) is 0 Å². The molecule has 0 aliphatic heterocycles. The van der Waals surface area contributed by atoms with Crippen LogP contribution in [-0.4, -0.2) is 13.3 Å². The molecule has 2 aromatic carbocycles. The van der Waals surface area contributed by atoms with Crippen molar-refractivity contribution in [1.29, 1.82) is 0 Å². The minimum absolute atomic E-state index is 0.0132. The quantitative estimate of drug-likeness (QED) is 0.779. The second kappa shape index (κ2) is 6.13. The van der Waals surface area contributed by atoms with Gasteiger partial charge in [-0.05, 0) is 29.8 Å². The molecule has 0 aliphatic rings. The van der Waals surface area contributed by atoms with Crippen LogP contribution in [0.15, 0.2) is 40.9 Å². The molecule has 2 rings (SSSR count). The highest BCUT2D eigenvalue weighted by atomic mass is 79.9. The summed E-state index contributed by atoms with van der Waals surface area (Å²) in [6.45, 7) is 0.363. The van der Waals surface area contributed by atoms with Crippen LogP contribution in [0.4, 0.5) is 14.5 Å². The van der Waals surface area contributed by atoms with Gasteiger partial charge in [0.2, 0.25) is 0 Å². The van der Waals surface area contributed by atoms with Gasteiger partial charge in [0.05, 0.1) is 0 Å². The fraction of sp³-hybridized carbons (Fsp3) is 0.133. The first-order chi connectivity index (χ1) is 9.51. The smallest absolute Gasteiger partial charge is 0.150 e. The summed E-state index contributed by atoms with van der Waals surface area (Å²) < 4.78 is 28.7. The van der Waals surface area contributed by atoms with Crippen molar-refractivity contribution in [2.45, 2.75) is 6.54 Å². The van der Waals surface area contributed by atoms with Gasteiger partial charge < -0.3 is 4.90 Å². The minimum Gasteiger partial charge on any atom is -0.366 e. The Kier molecular flexibility index (Phi) is 4.49. The molecule has 0 spiro atoms. The highest BCUT2D eigenvalue weighted by Crippen LogP contribution is 2.25. The first kappa shape index (κ1) is 14.7. The summed E-state index contributed by atoms with van der Waals surface area (Å²) in [6.07, 6.45) is 0.421. The van der Waals surface area contributed by atoms with Gasteiger partial charge in [-0.3, -0.25) is 4.79 Å². The van der Waals surface area contributed by atoms with Crippen LogP contribution in [0.25, 0.3) is 0 Å². The van der Waals surface area contributed by atoms with Crippen LogP contribution in [0, 0.1) is 11.6 Å². The van der Waals surface area contributed by atoms with E-state index in [2.05, 4.69) is 15.9 Å². The number of aldehydes is 1. The molecule has 0 fully saturated rings. The zero-order chi connectivity index (χ0) is 14.7. The molecular weight excluding hydrogens is 328 g/mol. The molecule has 2 aromatic rings. The van der Waals surface area contributed by atoms with E-state index in [1.165, 1.54) is 4.90 Å². The summed E-state index contributed by atoms with van der Waals surface area (Å²) in [4.78, 5) is 12.0. The Balaban J connectivity index is 2.27. The fourth-order valence-corrected chi connectivity index (χ4v) is 2.22. The summed E-state index contributed by atoms with van der Waals surface area (Å²) in [5.74, 6) is -1.49. The van der Waals surface area contributed by atoms with Crippen molar-refractivity contribution < 1.29 is 13.6 Å². The third-order valence-corrected chi connectivity index (χ3v) is 3.42. The van der Waals surface area contributed by atoms with E-state index in [0.717, 1.165) is 22.2 Å². The Bertz CT molecular complexity index is 605. The highest BCUT2D eigenvalue weighted by molar-refractivity contribution is 9.10. The third kappa shape index (κ3) is 3.22. The van der Waals surface area contributed by atoms with E-state index in [9.17, 15) is 13.6 Å². The SMILES string of the molecule is CN(Cc1ccc(Br)cc1)c1c(F)cc(C=O)cc1F. The van der Waals surface area contributed by atoms with Crippen LogP contribution in [0.1, 0.15) is 15.9 Å². The van der Waals surface area contributed by atoms with E-state index >= 15 is 0 Å². The second-order valence-electron chi connectivity index (χ2n) is 4.43. The first-order valence-electron chi connectivity index (χ1n) is 5.91. The topological polar surface area (TPSA) is 20.3 Å². The van der Waals surface area contributed by atoms with Gasteiger partial charge in [0.1, 0.15) is 23.6 Å². The van der Waals surface area contributed by atoms with Crippen molar-refractivity contribution in [1.82, 2.24) is 0 Å². The summed E-state index contributed by atoms with van der Waals surface area (Å²) in [5.41, 5.74) is 0.772. The Labute approximate surface area is 124 Å². The normalized spacial score (nSPS) is 10.4. The lowest BCUT2D eigenvalue weighted by Crippen LogP contribution is -2.19. The molecule has 0 heterocycles. The van der Waals surface area contributed by atoms with Gasteiger partial charge in [0, 0.05) is 23.6 Å². The van der Waals surface area contributed by atoms with Crippen LogP contribution >= 0.6 is 15.9 Å². The fourth-order valence-electron chi connectivity index (χ4n) is 1.96. The molecule has 0 amide bonds. The van der Waals surface area contributed by atoms with Gasteiger partial charge in [0.15, 0.2) is 0 Å². The lowest BCUT2D eigenvalue weighted by molar-refractivity contribution is 0.112. The average molecular weight is 340 g/mol.